The number of nitrogens with two attached hydrogens (primary N) is 1. The van der Waals surface area contributed by atoms with E-state index in [4.69, 9.17) is 22.4 Å². The second-order valence-corrected chi connectivity index (χ2v) is 2.94. The second kappa shape index (κ2) is 3.22. The third-order valence-electron chi connectivity index (χ3n) is 1.73. The molecule has 0 aliphatic carbocycles. The highest BCUT2D eigenvalue weighted by molar-refractivity contribution is 6.32. The van der Waals surface area contributed by atoms with Gasteiger partial charge in [-0.15, -0.1) is 0 Å². The zero-order valence-electron chi connectivity index (χ0n) is 6.77. The predicted octanol–water partition coefficient (Wildman–Crippen LogP) is 2.07. The summed E-state index contributed by atoms with van der Waals surface area (Å²) >= 11 is 5.51. The Hall–Kier alpha value is -1.29. The van der Waals surface area contributed by atoms with Gasteiger partial charge in [-0.3, -0.25) is 0 Å². The highest BCUT2D eigenvalue weighted by atomic mass is 35.5. The molecule has 3 nitrogen and oxygen atoms in total. The molecule has 0 aliphatic heterocycles. The molecular weight excluding hydrogens is 197 g/mol. The highest BCUT2D eigenvalue weighted by Crippen LogP contribution is 2.27. The zero-order valence-corrected chi connectivity index (χ0v) is 7.52. The number of carboxylic acids is 1. The number of rotatable bonds is 1. The maximum atomic E-state index is 12.9. The molecule has 0 atom stereocenters. The Balaban J connectivity index is 3.50. The smallest absolute Gasteiger partial charge is 0.337 e. The van der Waals surface area contributed by atoms with Crippen LogP contribution in [-0.4, -0.2) is 11.1 Å². The van der Waals surface area contributed by atoms with Crippen molar-refractivity contribution in [3.8, 4) is 0 Å². The van der Waals surface area contributed by atoms with Crippen LogP contribution in [0.2, 0.25) is 5.02 Å². The summed E-state index contributed by atoms with van der Waals surface area (Å²) in [4.78, 5) is 10.5. The van der Waals surface area contributed by atoms with E-state index < -0.39 is 11.8 Å². The summed E-state index contributed by atoms with van der Waals surface area (Å²) in [5, 5.41) is 8.48. The molecule has 13 heavy (non-hydrogen) atoms. The van der Waals surface area contributed by atoms with Crippen molar-refractivity contribution in [2.24, 2.45) is 0 Å². The lowest BCUT2D eigenvalue weighted by molar-refractivity contribution is 0.0697. The van der Waals surface area contributed by atoms with Gasteiger partial charge in [0.15, 0.2) is 0 Å². The largest absolute Gasteiger partial charge is 0.478 e. The summed E-state index contributed by atoms with van der Waals surface area (Å²) in [6, 6.07) is 0.812. The van der Waals surface area contributed by atoms with Crippen LogP contribution in [0.5, 0.6) is 0 Å². The summed E-state index contributed by atoms with van der Waals surface area (Å²) in [5.74, 6) is -2.04. The number of aromatic carboxylic acids is 1. The number of hydrogen-bond donors (Lipinski definition) is 2. The van der Waals surface area contributed by atoms with Gasteiger partial charge in [0.25, 0.3) is 0 Å². The van der Waals surface area contributed by atoms with Crippen LogP contribution in [0.4, 0.5) is 10.1 Å². The van der Waals surface area contributed by atoms with Crippen LogP contribution in [-0.2, 0) is 0 Å². The minimum atomic E-state index is -1.27. The molecule has 0 heterocycles. The molecule has 0 amide bonds. The van der Waals surface area contributed by atoms with Crippen LogP contribution in [0.25, 0.3) is 0 Å². The monoisotopic (exact) mass is 203 g/mol. The summed E-state index contributed by atoms with van der Waals surface area (Å²) in [5.41, 5.74) is 5.40. The molecule has 70 valence electrons. The lowest BCUT2D eigenvalue weighted by atomic mass is 10.1. The number of halogens is 2. The van der Waals surface area contributed by atoms with Gasteiger partial charge in [-0.25, -0.2) is 9.18 Å². The first-order valence-electron chi connectivity index (χ1n) is 3.42. The number of carbonyl (C=O) groups is 1. The molecule has 0 spiro atoms. The summed E-state index contributed by atoms with van der Waals surface area (Å²) in [7, 11) is 0. The van der Waals surface area contributed by atoms with E-state index in [1.807, 2.05) is 0 Å². The van der Waals surface area contributed by atoms with Crippen LogP contribution >= 0.6 is 11.6 Å². The van der Waals surface area contributed by atoms with Crippen molar-refractivity contribution in [2.45, 2.75) is 6.92 Å². The molecule has 0 saturated carbocycles. The average Bonchev–Trinajstić information content (AvgIpc) is 2.07. The number of hydrogen-bond acceptors (Lipinski definition) is 2. The van der Waals surface area contributed by atoms with E-state index in [-0.39, 0.29) is 21.8 Å². The fourth-order valence-corrected chi connectivity index (χ4v) is 1.10. The molecule has 5 heteroatoms. The van der Waals surface area contributed by atoms with Gasteiger partial charge < -0.3 is 10.8 Å². The van der Waals surface area contributed by atoms with Crippen molar-refractivity contribution in [2.75, 3.05) is 5.73 Å². The van der Waals surface area contributed by atoms with E-state index in [1.54, 1.807) is 0 Å². The minimum Gasteiger partial charge on any atom is -0.478 e. The molecule has 1 aromatic rings. The lowest BCUT2D eigenvalue weighted by Crippen LogP contribution is -2.05. The Kier molecular flexibility index (Phi) is 2.43. The van der Waals surface area contributed by atoms with E-state index in [2.05, 4.69) is 0 Å². The van der Waals surface area contributed by atoms with Crippen molar-refractivity contribution < 1.29 is 14.3 Å². The first kappa shape index (κ1) is 9.80. The first-order chi connectivity index (χ1) is 5.95. The third kappa shape index (κ3) is 1.58. The van der Waals surface area contributed by atoms with Gasteiger partial charge in [0.2, 0.25) is 0 Å². The SMILES string of the molecule is Cc1c(N)c(C(=O)O)cc(F)c1Cl. The van der Waals surface area contributed by atoms with Crippen LogP contribution < -0.4 is 5.73 Å². The fraction of sp³-hybridized carbons (Fsp3) is 0.125. The number of nitrogen functional groups attached to an aromatic ring is 1. The molecule has 0 saturated heterocycles. The van der Waals surface area contributed by atoms with Gasteiger partial charge in [0, 0.05) is 0 Å². The van der Waals surface area contributed by atoms with E-state index in [0.29, 0.717) is 0 Å². The Labute approximate surface area is 78.9 Å². The maximum absolute atomic E-state index is 12.9. The molecule has 0 unspecified atom stereocenters. The standard InChI is InChI=1S/C8H7ClFNO2/c1-3-6(9)5(10)2-4(7(3)11)8(12)13/h2H,11H2,1H3,(H,12,13). The van der Waals surface area contributed by atoms with Crippen molar-refractivity contribution >= 4 is 23.3 Å². The van der Waals surface area contributed by atoms with Gasteiger partial charge >= 0.3 is 5.97 Å². The van der Waals surface area contributed by atoms with Crippen LogP contribution in [0, 0.1) is 12.7 Å². The summed E-state index contributed by atoms with van der Waals surface area (Å²) < 4.78 is 12.9. The highest BCUT2D eigenvalue weighted by Gasteiger charge is 2.15. The molecule has 0 aromatic heterocycles. The number of benzene rings is 1. The fourth-order valence-electron chi connectivity index (χ4n) is 0.944. The Morgan fingerprint density at radius 3 is 2.69 bits per heavy atom. The van der Waals surface area contributed by atoms with Crippen molar-refractivity contribution in [3.63, 3.8) is 0 Å². The number of anilines is 1. The Bertz CT molecular complexity index is 379. The summed E-state index contributed by atoms with van der Waals surface area (Å²) in [6.45, 7) is 1.47. The van der Waals surface area contributed by atoms with E-state index in [1.165, 1.54) is 6.92 Å². The number of carboxylic acid groups (broad SMARTS) is 1. The predicted molar refractivity (Wildman–Crippen MR) is 47.5 cm³/mol. The second-order valence-electron chi connectivity index (χ2n) is 2.56. The third-order valence-corrected chi connectivity index (χ3v) is 2.20. The lowest BCUT2D eigenvalue weighted by Gasteiger charge is -2.06. The van der Waals surface area contributed by atoms with Gasteiger partial charge in [0.05, 0.1) is 16.3 Å². The first-order valence-corrected chi connectivity index (χ1v) is 3.80. The van der Waals surface area contributed by atoms with Gasteiger partial charge in [-0.05, 0) is 18.6 Å². The van der Waals surface area contributed by atoms with Crippen molar-refractivity contribution in [1.29, 1.82) is 0 Å². The summed E-state index contributed by atoms with van der Waals surface area (Å²) in [6.07, 6.45) is 0. The van der Waals surface area contributed by atoms with Crippen LogP contribution in [0.3, 0.4) is 0 Å². The molecule has 0 bridgehead atoms. The quantitative estimate of drug-likeness (QED) is 0.687. The average molecular weight is 204 g/mol. The van der Waals surface area contributed by atoms with Gasteiger partial charge in [-0.2, -0.15) is 0 Å². The van der Waals surface area contributed by atoms with Crippen LogP contribution in [0.1, 0.15) is 15.9 Å². The molecule has 0 fully saturated rings. The maximum Gasteiger partial charge on any atom is 0.337 e. The Morgan fingerprint density at radius 2 is 2.23 bits per heavy atom. The minimum absolute atomic E-state index is 0.00102. The van der Waals surface area contributed by atoms with Crippen molar-refractivity contribution in [3.05, 3.63) is 28.0 Å². The topological polar surface area (TPSA) is 63.3 Å². The molecule has 0 aliphatic rings. The van der Waals surface area contributed by atoms with Crippen LogP contribution in [0.15, 0.2) is 6.07 Å². The van der Waals surface area contributed by atoms with E-state index >= 15 is 0 Å². The van der Waals surface area contributed by atoms with Gasteiger partial charge in [0.1, 0.15) is 5.82 Å². The molecule has 1 aromatic carbocycles. The van der Waals surface area contributed by atoms with Gasteiger partial charge in [-0.1, -0.05) is 11.6 Å². The van der Waals surface area contributed by atoms with E-state index in [0.717, 1.165) is 6.07 Å². The molecule has 0 radical (unpaired) electrons. The Morgan fingerprint density at radius 1 is 1.69 bits per heavy atom. The van der Waals surface area contributed by atoms with E-state index in [9.17, 15) is 9.18 Å². The molecule has 1 rings (SSSR count). The molecular formula is C8H7ClFNO2. The zero-order chi connectivity index (χ0) is 10.2. The molecule has 3 N–H and O–H groups in total. The van der Waals surface area contributed by atoms with Crippen molar-refractivity contribution in [1.82, 2.24) is 0 Å². The normalized spacial score (nSPS) is 10.1.